The van der Waals surface area contributed by atoms with Crippen molar-refractivity contribution in [3.8, 4) is 0 Å². The maximum Gasteiger partial charge on any atom is 0.156 e. The molecule has 0 aliphatic carbocycles. The molecular weight excluding hydrogens is 236 g/mol. The van der Waals surface area contributed by atoms with Gasteiger partial charge in [-0.2, -0.15) is 11.3 Å². The zero-order valence-corrected chi connectivity index (χ0v) is 11.4. The van der Waals surface area contributed by atoms with Crippen molar-refractivity contribution in [3.63, 3.8) is 0 Å². The lowest BCUT2D eigenvalue weighted by atomic mass is 10.1. The van der Waals surface area contributed by atoms with Crippen molar-refractivity contribution < 1.29 is 0 Å². The van der Waals surface area contributed by atoms with Crippen molar-refractivity contribution in [2.24, 2.45) is 10.9 Å². The molecule has 1 N–H and O–H groups in total. The van der Waals surface area contributed by atoms with Crippen molar-refractivity contribution in [1.82, 2.24) is 5.32 Å². The van der Waals surface area contributed by atoms with Crippen LogP contribution in [0.1, 0.15) is 19.4 Å². The highest BCUT2D eigenvalue weighted by molar-refractivity contribution is 8.13. The second kappa shape index (κ2) is 5.73. The van der Waals surface area contributed by atoms with Crippen LogP contribution in [0.4, 0.5) is 0 Å². The second-order valence-electron chi connectivity index (χ2n) is 4.29. The Labute approximate surface area is 106 Å². The highest BCUT2D eigenvalue weighted by Gasteiger charge is 2.20. The summed E-state index contributed by atoms with van der Waals surface area (Å²) in [5, 5.41) is 8.91. The van der Waals surface area contributed by atoms with Crippen LogP contribution in [0.15, 0.2) is 21.8 Å². The third-order valence-corrected chi connectivity index (χ3v) is 4.87. The van der Waals surface area contributed by atoms with Gasteiger partial charge in [0.15, 0.2) is 5.17 Å². The molecule has 0 saturated carbocycles. The van der Waals surface area contributed by atoms with Gasteiger partial charge in [-0.25, -0.2) is 0 Å². The van der Waals surface area contributed by atoms with Crippen molar-refractivity contribution >= 4 is 28.3 Å². The molecule has 1 aromatic rings. The van der Waals surface area contributed by atoms with Gasteiger partial charge in [-0.15, -0.1) is 0 Å². The van der Waals surface area contributed by atoms with Crippen LogP contribution in [0.2, 0.25) is 0 Å². The SMILES string of the molecule is CC1CSC(=NCCc2ccsc2)NC1C. The number of aliphatic imine (C=N–C) groups is 1. The summed E-state index contributed by atoms with van der Waals surface area (Å²) in [5.74, 6) is 1.92. The van der Waals surface area contributed by atoms with Crippen molar-refractivity contribution in [3.05, 3.63) is 22.4 Å². The molecule has 2 heterocycles. The number of amidine groups is 1. The fraction of sp³-hybridized carbons (Fsp3) is 0.583. The predicted molar refractivity (Wildman–Crippen MR) is 74.5 cm³/mol. The van der Waals surface area contributed by atoms with E-state index < -0.39 is 0 Å². The van der Waals surface area contributed by atoms with E-state index in [1.165, 1.54) is 11.3 Å². The van der Waals surface area contributed by atoms with Gasteiger partial charge in [-0.1, -0.05) is 18.7 Å². The smallest absolute Gasteiger partial charge is 0.156 e. The van der Waals surface area contributed by atoms with Crippen molar-refractivity contribution in [2.45, 2.75) is 26.3 Å². The summed E-state index contributed by atoms with van der Waals surface area (Å²) in [6.45, 7) is 5.42. The van der Waals surface area contributed by atoms with Gasteiger partial charge in [0.2, 0.25) is 0 Å². The van der Waals surface area contributed by atoms with Gasteiger partial charge in [0.05, 0.1) is 0 Å². The molecule has 1 saturated heterocycles. The number of nitrogens with one attached hydrogen (secondary N) is 1. The highest BCUT2D eigenvalue weighted by atomic mass is 32.2. The molecule has 1 aromatic heterocycles. The predicted octanol–water partition coefficient (Wildman–Crippen LogP) is 3.01. The molecular formula is C12H18N2S2. The Morgan fingerprint density at radius 2 is 2.38 bits per heavy atom. The summed E-state index contributed by atoms with van der Waals surface area (Å²) in [5.41, 5.74) is 1.40. The molecule has 0 aromatic carbocycles. The Balaban J connectivity index is 1.79. The van der Waals surface area contributed by atoms with E-state index in [4.69, 9.17) is 0 Å². The second-order valence-corrected chi connectivity index (χ2v) is 6.08. The van der Waals surface area contributed by atoms with Crippen LogP contribution in [0.3, 0.4) is 0 Å². The van der Waals surface area contributed by atoms with Gasteiger partial charge >= 0.3 is 0 Å². The molecule has 16 heavy (non-hydrogen) atoms. The average Bonchev–Trinajstić information content (AvgIpc) is 2.76. The fourth-order valence-corrected chi connectivity index (χ4v) is 3.41. The monoisotopic (exact) mass is 254 g/mol. The molecule has 0 radical (unpaired) electrons. The van der Waals surface area contributed by atoms with Crippen LogP contribution in [0, 0.1) is 5.92 Å². The molecule has 2 nitrogen and oxygen atoms in total. The Hall–Kier alpha value is -0.480. The number of hydrogen-bond acceptors (Lipinski definition) is 3. The highest BCUT2D eigenvalue weighted by Crippen LogP contribution is 2.19. The average molecular weight is 254 g/mol. The third kappa shape index (κ3) is 3.25. The number of rotatable bonds is 3. The van der Waals surface area contributed by atoms with Crippen LogP contribution in [-0.2, 0) is 6.42 Å². The van der Waals surface area contributed by atoms with Crippen LogP contribution in [-0.4, -0.2) is 23.5 Å². The maximum atomic E-state index is 4.62. The fourth-order valence-electron chi connectivity index (χ4n) is 1.55. The lowest BCUT2D eigenvalue weighted by Gasteiger charge is -2.28. The Morgan fingerprint density at radius 3 is 3.06 bits per heavy atom. The summed E-state index contributed by atoms with van der Waals surface area (Å²) in [7, 11) is 0. The molecule has 2 rings (SSSR count). The summed E-state index contributed by atoms with van der Waals surface area (Å²) in [6, 6.07) is 2.73. The number of thioether (sulfide) groups is 1. The molecule has 88 valence electrons. The topological polar surface area (TPSA) is 24.4 Å². The van der Waals surface area contributed by atoms with Crippen LogP contribution < -0.4 is 5.32 Å². The van der Waals surface area contributed by atoms with Gasteiger partial charge in [0.25, 0.3) is 0 Å². The summed E-state index contributed by atoms with van der Waals surface area (Å²) in [6.07, 6.45) is 1.05. The lowest BCUT2D eigenvalue weighted by Crippen LogP contribution is -2.41. The Bertz CT molecular complexity index is 346. The molecule has 0 bridgehead atoms. The molecule has 0 amide bonds. The van der Waals surface area contributed by atoms with E-state index >= 15 is 0 Å². The molecule has 1 aliphatic heterocycles. The maximum absolute atomic E-state index is 4.62. The third-order valence-electron chi connectivity index (χ3n) is 2.92. The van der Waals surface area contributed by atoms with E-state index in [0.717, 1.165) is 24.1 Å². The van der Waals surface area contributed by atoms with Gasteiger partial charge in [-0.3, -0.25) is 4.99 Å². The van der Waals surface area contributed by atoms with Crippen LogP contribution in [0.5, 0.6) is 0 Å². The van der Waals surface area contributed by atoms with Gasteiger partial charge in [0.1, 0.15) is 0 Å². The quantitative estimate of drug-likeness (QED) is 0.896. The first-order valence-corrected chi connectivity index (χ1v) is 7.63. The minimum Gasteiger partial charge on any atom is -0.362 e. The molecule has 1 fully saturated rings. The summed E-state index contributed by atoms with van der Waals surface area (Å²) < 4.78 is 0. The first-order chi connectivity index (χ1) is 7.75. The number of hydrogen-bond donors (Lipinski definition) is 1. The molecule has 4 heteroatoms. The minimum atomic E-state index is 0.557. The Morgan fingerprint density at radius 1 is 1.50 bits per heavy atom. The largest absolute Gasteiger partial charge is 0.362 e. The van der Waals surface area contributed by atoms with E-state index in [9.17, 15) is 0 Å². The van der Waals surface area contributed by atoms with E-state index in [1.807, 2.05) is 11.8 Å². The van der Waals surface area contributed by atoms with Crippen molar-refractivity contribution in [1.29, 1.82) is 0 Å². The molecule has 2 unspecified atom stereocenters. The standard InChI is InChI=1S/C12H18N2S2/c1-9-7-16-12(14-10(9)2)13-5-3-11-4-6-15-8-11/h4,6,8-10H,3,5,7H2,1-2H3,(H,13,14). The molecule has 2 atom stereocenters. The number of nitrogens with zero attached hydrogens (tertiary/aromatic N) is 1. The molecule has 1 aliphatic rings. The van der Waals surface area contributed by atoms with Gasteiger partial charge < -0.3 is 5.32 Å². The lowest BCUT2D eigenvalue weighted by molar-refractivity contribution is 0.490. The zero-order valence-electron chi connectivity index (χ0n) is 9.77. The van der Waals surface area contributed by atoms with Crippen LogP contribution in [0.25, 0.3) is 0 Å². The molecule has 0 spiro atoms. The minimum absolute atomic E-state index is 0.557. The zero-order chi connectivity index (χ0) is 11.4. The first-order valence-electron chi connectivity index (χ1n) is 5.70. The van der Waals surface area contributed by atoms with Crippen LogP contribution >= 0.6 is 23.1 Å². The first kappa shape index (κ1) is 12.0. The van der Waals surface area contributed by atoms with E-state index in [1.54, 1.807) is 11.3 Å². The van der Waals surface area contributed by atoms with Crippen molar-refractivity contribution in [2.75, 3.05) is 12.3 Å². The number of thiophene rings is 1. The van der Waals surface area contributed by atoms with Gasteiger partial charge in [-0.05, 0) is 41.7 Å². The van der Waals surface area contributed by atoms with Gasteiger partial charge in [0, 0.05) is 18.3 Å². The normalized spacial score (nSPS) is 28.0. The van der Waals surface area contributed by atoms with E-state index in [0.29, 0.717) is 6.04 Å². The Kier molecular flexibility index (Phi) is 4.29. The van der Waals surface area contributed by atoms with E-state index in [2.05, 4.69) is 41.0 Å². The summed E-state index contributed by atoms with van der Waals surface area (Å²) >= 11 is 3.61. The summed E-state index contributed by atoms with van der Waals surface area (Å²) in [4.78, 5) is 4.62. The van der Waals surface area contributed by atoms with E-state index in [-0.39, 0.29) is 0 Å².